The molecule has 3 nitrogen and oxygen atoms in total. The predicted octanol–water partition coefficient (Wildman–Crippen LogP) is 3.86. The maximum absolute atomic E-state index is 12.0. The van der Waals surface area contributed by atoms with E-state index in [1.54, 1.807) is 24.3 Å². The highest BCUT2D eigenvalue weighted by Gasteiger charge is 2.16. The van der Waals surface area contributed by atoms with Gasteiger partial charge >= 0.3 is 0 Å². The number of carbonyl (C=O) groups is 1. The summed E-state index contributed by atoms with van der Waals surface area (Å²) < 4.78 is 5.49. The Morgan fingerprint density at radius 2 is 2.00 bits per heavy atom. The molecule has 2 aromatic rings. The Morgan fingerprint density at radius 3 is 2.67 bits per heavy atom. The van der Waals surface area contributed by atoms with Crippen molar-refractivity contribution in [3.05, 3.63) is 35.0 Å². The number of rotatable bonds is 3. The van der Waals surface area contributed by atoms with Crippen molar-refractivity contribution < 1.29 is 9.21 Å². The molecule has 0 spiro atoms. The van der Waals surface area contributed by atoms with Crippen molar-refractivity contribution in [2.24, 2.45) is 5.92 Å². The fourth-order valence-corrected chi connectivity index (χ4v) is 1.75. The smallest absolute Gasteiger partial charge is 0.287 e. The number of fused-ring (bicyclic) bond motifs is 1. The molecule has 1 unspecified atom stereocenters. The molecule has 18 heavy (non-hydrogen) atoms. The van der Waals surface area contributed by atoms with Crippen LogP contribution in [-0.2, 0) is 0 Å². The number of nitrogens with one attached hydrogen (secondary N) is 1. The van der Waals surface area contributed by atoms with Crippen molar-refractivity contribution in [2.75, 3.05) is 0 Å². The van der Waals surface area contributed by atoms with Crippen LogP contribution in [-0.4, -0.2) is 11.9 Å². The number of benzene rings is 1. The molecule has 1 atom stereocenters. The highest BCUT2D eigenvalue weighted by atomic mass is 35.5. The molecule has 1 aromatic heterocycles. The van der Waals surface area contributed by atoms with Crippen LogP contribution in [0.5, 0.6) is 0 Å². The number of carbonyl (C=O) groups excluding carboxylic acids is 1. The van der Waals surface area contributed by atoms with E-state index in [1.807, 2.05) is 6.92 Å². The van der Waals surface area contributed by atoms with Crippen LogP contribution in [0.4, 0.5) is 0 Å². The molecule has 0 radical (unpaired) electrons. The van der Waals surface area contributed by atoms with Crippen LogP contribution < -0.4 is 5.32 Å². The van der Waals surface area contributed by atoms with Crippen LogP contribution in [0.25, 0.3) is 11.0 Å². The Morgan fingerprint density at radius 1 is 1.28 bits per heavy atom. The maximum Gasteiger partial charge on any atom is 0.287 e. The molecule has 0 saturated heterocycles. The van der Waals surface area contributed by atoms with Gasteiger partial charge in [0, 0.05) is 16.5 Å². The van der Waals surface area contributed by atoms with Gasteiger partial charge in [-0.2, -0.15) is 0 Å². The van der Waals surface area contributed by atoms with Crippen LogP contribution in [0.2, 0.25) is 5.02 Å². The van der Waals surface area contributed by atoms with Crippen molar-refractivity contribution in [1.29, 1.82) is 0 Å². The second kappa shape index (κ2) is 5.02. The standard InChI is InChI=1S/C14H16ClNO2/c1-8(2)9(3)16-14(17)13-7-10-6-11(15)4-5-12(10)18-13/h4-9H,1-3H3,(H,16,17). The molecule has 96 valence electrons. The lowest BCUT2D eigenvalue weighted by atomic mass is 10.1. The third-order valence-corrected chi connectivity index (χ3v) is 3.30. The Balaban J connectivity index is 2.23. The first-order chi connectivity index (χ1) is 8.47. The van der Waals surface area contributed by atoms with Crippen molar-refractivity contribution in [1.82, 2.24) is 5.32 Å². The van der Waals surface area contributed by atoms with Crippen LogP contribution in [0.1, 0.15) is 31.3 Å². The zero-order valence-electron chi connectivity index (χ0n) is 10.7. The molecule has 0 fully saturated rings. The van der Waals surface area contributed by atoms with Gasteiger partial charge in [-0.3, -0.25) is 4.79 Å². The molecule has 0 aliphatic rings. The van der Waals surface area contributed by atoms with Gasteiger partial charge in [-0.1, -0.05) is 25.4 Å². The summed E-state index contributed by atoms with van der Waals surface area (Å²) >= 11 is 5.89. The van der Waals surface area contributed by atoms with E-state index in [-0.39, 0.29) is 11.9 Å². The Bertz CT molecular complexity index is 574. The topological polar surface area (TPSA) is 42.2 Å². The third-order valence-electron chi connectivity index (χ3n) is 3.06. The number of hydrogen-bond acceptors (Lipinski definition) is 2. The lowest BCUT2D eigenvalue weighted by Gasteiger charge is -2.16. The highest BCUT2D eigenvalue weighted by Crippen LogP contribution is 2.23. The molecule has 1 aromatic carbocycles. The second-order valence-electron chi connectivity index (χ2n) is 4.80. The van der Waals surface area contributed by atoms with E-state index in [0.717, 1.165) is 5.39 Å². The highest BCUT2D eigenvalue weighted by molar-refractivity contribution is 6.31. The van der Waals surface area contributed by atoms with Crippen LogP contribution in [0, 0.1) is 5.92 Å². The molecule has 0 aliphatic carbocycles. The Kier molecular flexibility index (Phi) is 3.62. The van der Waals surface area contributed by atoms with Crippen LogP contribution >= 0.6 is 11.6 Å². The molecule has 0 bridgehead atoms. The fraction of sp³-hybridized carbons (Fsp3) is 0.357. The van der Waals surface area contributed by atoms with E-state index in [1.165, 1.54) is 0 Å². The summed E-state index contributed by atoms with van der Waals surface area (Å²) in [7, 11) is 0. The summed E-state index contributed by atoms with van der Waals surface area (Å²) in [6, 6.07) is 7.10. The molecule has 1 amide bonds. The van der Waals surface area contributed by atoms with Crippen LogP contribution in [0.3, 0.4) is 0 Å². The Labute approximate surface area is 111 Å². The lowest BCUT2D eigenvalue weighted by molar-refractivity contribution is 0.0904. The summed E-state index contributed by atoms with van der Waals surface area (Å²) in [6.45, 7) is 6.09. The van der Waals surface area contributed by atoms with Gasteiger partial charge in [0.2, 0.25) is 0 Å². The van der Waals surface area contributed by atoms with E-state index in [4.69, 9.17) is 16.0 Å². The molecule has 1 N–H and O–H groups in total. The molecule has 0 saturated carbocycles. The van der Waals surface area contributed by atoms with E-state index in [0.29, 0.717) is 22.3 Å². The van der Waals surface area contributed by atoms with E-state index in [2.05, 4.69) is 19.2 Å². The second-order valence-corrected chi connectivity index (χ2v) is 5.24. The van der Waals surface area contributed by atoms with Gasteiger partial charge in [0.15, 0.2) is 5.76 Å². The van der Waals surface area contributed by atoms with Gasteiger partial charge in [-0.15, -0.1) is 0 Å². The van der Waals surface area contributed by atoms with Gasteiger partial charge in [-0.05, 0) is 37.1 Å². The van der Waals surface area contributed by atoms with E-state index >= 15 is 0 Å². The number of amides is 1. The molecular weight excluding hydrogens is 250 g/mol. The zero-order valence-corrected chi connectivity index (χ0v) is 11.4. The van der Waals surface area contributed by atoms with Gasteiger partial charge in [0.25, 0.3) is 5.91 Å². The minimum Gasteiger partial charge on any atom is -0.451 e. The SMILES string of the molecule is CC(C)C(C)NC(=O)c1cc2cc(Cl)ccc2o1. The summed E-state index contributed by atoms with van der Waals surface area (Å²) in [5, 5.41) is 4.37. The summed E-state index contributed by atoms with van der Waals surface area (Å²) in [6.07, 6.45) is 0. The molecular formula is C14H16ClNO2. The van der Waals surface area contributed by atoms with Crippen molar-refractivity contribution in [3.63, 3.8) is 0 Å². The van der Waals surface area contributed by atoms with E-state index < -0.39 is 0 Å². The first-order valence-electron chi connectivity index (χ1n) is 5.97. The fourth-order valence-electron chi connectivity index (χ4n) is 1.57. The number of halogens is 1. The summed E-state index contributed by atoms with van der Waals surface area (Å²) in [5.74, 6) is 0.510. The minimum absolute atomic E-state index is 0.106. The first kappa shape index (κ1) is 13.0. The normalized spacial score (nSPS) is 12.9. The van der Waals surface area contributed by atoms with E-state index in [9.17, 15) is 4.79 Å². The van der Waals surface area contributed by atoms with Crippen molar-refractivity contribution in [2.45, 2.75) is 26.8 Å². The zero-order chi connectivity index (χ0) is 13.3. The average molecular weight is 266 g/mol. The average Bonchev–Trinajstić information content (AvgIpc) is 2.71. The largest absolute Gasteiger partial charge is 0.451 e. The van der Waals surface area contributed by atoms with Gasteiger partial charge in [0.1, 0.15) is 5.58 Å². The number of furan rings is 1. The molecule has 1 heterocycles. The van der Waals surface area contributed by atoms with Crippen LogP contribution in [0.15, 0.2) is 28.7 Å². The Hall–Kier alpha value is -1.48. The summed E-state index contributed by atoms with van der Waals surface area (Å²) in [4.78, 5) is 12.0. The molecule has 4 heteroatoms. The molecule has 2 rings (SSSR count). The molecule has 0 aliphatic heterocycles. The maximum atomic E-state index is 12.0. The van der Waals surface area contributed by atoms with Gasteiger partial charge < -0.3 is 9.73 Å². The quantitative estimate of drug-likeness (QED) is 0.916. The third kappa shape index (κ3) is 2.67. The summed E-state index contributed by atoms with van der Waals surface area (Å²) in [5.41, 5.74) is 0.668. The van der Waals surface area contributed by atoms with Crippen molar-refractivity contribution in [3.8, 4) is 0 Å². The minimum atomic E-state index is -0.191. The first-order valence-corrected chi connectivity index (χ1v) is 6.35. The monoisotopic (exact) mass is 265 g/mol. The van der Waals surface area contributed by atoms with Crippen molar-refractivity contribution >= 4 is 28.5 Å². The predicted molar refractivity (Wildman–Crippen MR) is 73.0 cm³/mol. The lowest BCUT2D eigenvalue weighted by Crippen LogP contribution is -2.35. The van der Waals surface area contributed by atoms with Gasteiger partial charge in [0.05, 0.1) is 0 Å². The van der Waals surface area contributed by atoms with Gasteiger partial charge in [-0.25, -0.2) is 0 Å². The number of hydrogen-bond donors (Lipinski definition) is 1.